The van der Waals surface area contributed by atoms with E-state index in [1.165, 1.54) is 17.3 Å². The van der Waals surface area contributed by atoms with Gasteiger partial charge in [0.2, 0.25) is 0 Å². The molecular weight excluding hydrogens is 336 g/mol. The molecule has 2 N–H and O–H groups in total. The zero-order valence-electron chi connectivity index (χ0n) is 15.5. The standard InChI is InChI=1S/C23H22N2O2/c1-15-20(13-25-14-21(15)22(24)26)16-3-5-17(6-4-16)23(11-12-23)18-7-9-19(27-2)10-8-18/h3-10,13-14H,11-12H2,1-2H3,(H2,24,26). The highest BCUT2D eigenvalue weighted by Gasteiger charge is 2.45. The van der Waals surface area contributed by atoms with Crippen LogP contribution in [0.2, 0.25) is 0 Å². The van der Waals surface area contributed by atoms with Crippen LogP contribution in [-0.4, -0.2) is 18.0 Å². The topological polar surface area (TPSA) is 65.2 Å². The second-order valence-corrected chi connectivity index (χ2v) is 7.11. The van der Waals surface area contributed by atoms with Crippen molar-refractivity contribution in [3.05, 3.63) is 83.2 Å². The molecule has 4 heteroatoms. The quantitative estimate of drug-likeness (QED) is 0.742. The molecule has 1 aliphatic rings. The number of primary amides is 1. The van der Waals surface area contributed by atoms with Gasteiger partial charge >= 0.3 is 0 Å². The third-order valence-electron chi connectivity index (χ3n) is 5.62. The average Bonchev–Trinajstić information content (AvgIpc) is 3.50. The van der Waals surface area contributed by atoms with E-state index in [0.717, 1.165) is 35.3 Å². The van der Waals surface area contributed by atoms with Crippen molar-refractivity contribution < 1.29 is 9.53 Å². The monoisotopic (exact) mass is 358 g/mol. The average molecular weight is 358 g/mol. The van der Waals surface area contributed by atoms with E-state index in [0.29, 0.717) is 5.56 Å². The summed E-state index contributed by atoms with van der Waals surface area (Å²) in [6, 6.07) is 16.9. The molecule has 1 heterocycles. The molecule has 27 heavy (non-hydrogen) atoms. The SMILES string of the molecule is COc1ccc(C2(c3ccc(-c4cncc(C(N)=O)c4C)cc3)CC2)cc1. The third kappa shape index (κ3) is 2.97. The first-order valence-corrected chi connectivity index (χ1v) is 9.05. The molecular formula is C23H22N2O2. The van der Waals surface area contributed by atoms with Crippen molar-refractivity contribution in [2.24, 2.45) is 5.73 Å². The van der Waals surface area contributed by atoms with Gasteiger partial charge in [-0.2, -0.15) is 0 Å². The summed E-state index contributed by atoms with van der Waals surface area (Å²) in [4.78, 5) is 15.8. The molecule has 0 radical (unpaired) electrons. The Kier molecular flexibility index (Phi) is 4.19. The molecule has 1 aromatic heterocycles. The highest BCUT2D eigenvalue weighted by molar-refractivity contribution is 5.95. The highest BCUT2D eigenvalue weighted by atomic mass is 16.5. The Balaban J connectivity index is 1.67. The maximum absolute atomic E-state index is 11.6. The first-order chi connectivity index (χ1) is 13.0. The summed E-state index contributed by atoms with van der Waals surface area (Å²) in [7, 11) is 1.69. The lowest BCUT2D eigenvalue weighted by atomic mass is 9.87. The molecule has 2 aromatic carbocycles. The van der Waals surface area contributed by atoms with Crippen molar-refractivity contribution in [2.45, 2.75) is 25.2 Å². The van der Waals surface area contributed by atoms with Crippen LogP contribution in [0.5, 0.6) is 5.75 Å². The van der Waals surface area contributed by atoms with Gasteiger partial charge in [0.15, 0.2) is 0 Å². The molecule has 0 unspecified atom stereocenters. The second kappa shape index (κ2) is 6.54. The number of hydrogen-bond acceptors (Lipinski definition) is 3. The summed E-state index contributed by atoms with van der Waals surface area (Å²) in [5.41, 5.74) is 11.5. The Hall–Kier alpha value is -3.14. The minimum absolute atomic E-state index is 0.104. The highest BCUT2D eigenvalue weighted by Crippen LogP contribution is 2.53. The lowest BCUT2D eigenvalue weighted by molar-refractivity contribution is 0.0999. The lowest BCUT2D eigenvalue weighted by Gasteiger charge is -2.18. The van der Waals surface area contributed by atoms with E-state index in [4.69, 9.17) is 10.5 Å². The maximum Gasteiger partial charge on any atom is 0.250 e. The molecule has 1 aliphatic carbocycles. The number of nitrogens with two attached hydrogens (primary N) is 1. The van der Waals surface area contributed by atoms with E-state index in [-0.39, 0.29) is 5.41 Å². The molecule has 0 spiro atoms. The zero-order chi connectivity index (χ0) is 19.0. The molecule has 4 rings (SSSR count). The Morgan fingerprint density at radius 3 is 2.11 bits per heavy atom. The molecule has 0 aliphatic heterocycles. The predicted octanol–water partition coefficient (Wildman–Crippen LogP) is 4.24. The van der Waals surface area contributed by atoms with E-state index < -0.39 is 5.91 Å². The van der Waals surface area contributed by atoms with Gasteiger partial charge in [-0.3, -0.25) is 9.78 Å². The predicted molar refractivity (Wildman–Crippen MR) is 106 cm³/mol. The molecule has 0 saturated heterocycles. The number of carbonyl (C=O) groups excluding carboxylic acids is 1. The number of hydrogen-bond donors (Lipinski definition) is 1. The number of ether oxygens (including phenoxy) is 1. The van der Waals surface area contributed by atoms with Crippen molar-refractivity contribution in [3.8, 4) is 16.9 Å². The third-order valence-corrected chi connectivity index (χ3v) is 5.62. The van der Waals surface area contributed by atoms with Gasteiger partial charge < -0.3 is 10.5 Å². The summed E-state index contributed by atoms with van der Waals surface area (Å²) < 4.78 is 5.27. The van der Waals surface area contributed by atoms with Crippen LogP contribution in [0.25, 0.3) is 11.1 Å². The summed E-state index contributed by atoms with van der Waals surface area (Å²) >= 11 is 0. The number of aromatic nitrogens is 1. The Morgan fingerprint density at radius 1 is 1.00 bits per heavy atom. The Labute approximate surface area is 159 Å². The van der Waals surface area contributed by atoms with E-state index >= 15 is 0 Å². The Morgan fingerprint density at radius 2 is 1.59 bits per heavy atom. The lowest BCUT2D eigenvalue weighted by Crippen LogP contribution is -2.13. The molecule has 0 bridgehead atoms. The van der Waals surface area contributed by atoms with Gasteiger partial charge in [-0.15, -0.1) is 0 Å². The van der Waals surface area contributed by atoms with Crippen molar-refractivity contribution in [1.29, 1.82) is 0 Å². The van der Waals surface area contributed by atoms with Crippen LogP contribution in [0.15, 0.2) is 60.9 Å². The van der Waals surface area contributed by atoms with Gasteiger partial charge in [-0.05, 0) is 54.2 Å². The number of methoxy groups -OCH3 is 1. The van der Waals surface area contributed by atoms with Crippen LogP contribution < -0.4 is 10.5 Å². The van der Waals surface area contributed by atoms with Crippen molar-refractivity contribution in [1.82, 2.24) is 4.98 Å². The summed E-state index contributed by atoms with van der Waals surface area (Å²) in [5, 5.41) is 0. The number of carbonyl (C=O) groups is 1. The van der Waals surface area contributed by atoms with Gasteiger partial charge in [-0.1, -0.05) is 36.4 Å². The van der Waals surface area contributed by atoms with Gasteiger partial charge in [0.25, 0.3) is 5.91 Å². The minimum atomic E-state index is -0.449. The number of benzene rings is 2. The van der Waals surface area contributed by atoms with E-state index in [1.54, 1.807) is 13.3 Å². The van der Waals surface area contributed by atoms with E-state index in [1.807, 2.05) is 19.1 Å². The van der Waals surface area contributed by atoms with Crippen LogP contribution in [0, 0.1) is 6.92 Å². The minimum Gasteiger partial charge on any atom is -0.497 e. The van der Waals surface area contributed by atoms with Crippen LogP contribution >= 0.6 is 0 Å². The number of nitrogens with zero attached hydrogens (tertiary/aromatic N) is 1. The van der Waals surface area contributed by atoms with Crippen molar-refractivity contribution in [3.63, 3.8) is 0 Å². The fourth-order valence-electron chi connectivity index (χ4n) is 3.81. The van der Waals surface area contributed by atoms with E-state index in [9.17, 15) is 4.79 Å². The fourth-order valence-corrected chi connectivity index (χ4v) is 3.81. The van der Waals surface area contributed by atoms with Gasteiger partial charge in [-0.25, -0.2) is 0 Å². The molecule has 1 fully saturated rings. The fraction of sp³-hybridized carbons (Fsp3) is 0.217. The molecule has 1 amide bonds. The second-order valence-electron chi connectivity index (χ2n) is 7.11. The first-order valence-electron chi connectivity index (χ1n) is 9.05. The largest absolute Gasteiger partial charge is 0.497 e. The zero-order valence-corrected chi connectivity index (χ0v) is 15.5. The molecule has 136 valence electrons. The normalized spacial score (nSPS) is 14.6. The van der Waals surface area contributed by atoms with Crippen LogP contribution in [0.1, 0.15) is 39.9 Å². The molecule has 1 saturated carbocycles. The maximum atomic E-state index is 11.6. The molecule has 4 nitrogen and oxygen atoms in total. The number of amides is 1. The molecule has 0 atom stereocenters. The Bertz CT molecular complexity index is 988. The van der Waals surface area contributed by atoms with Crippen molar-refractivity contribution in [2.75, 3.05) is 7.11 Å². The van der Waals surface area contributed by atoms with Crippen LogP contribution in [0.4, 0.5) is 0 Å². The smallest absolute Gasteiger partial charge is 0.250 e. The number of pyridine rings is 1. The summed E-state index contributed by atoms with van der Waals surface area (Å²) in [6.45, 7) is 1.91. The molecule has 3 aromatic rings. The van der Waals surface area contributed by atoms with Gasteiger partial charge in [0.1, 0.15) is 5.75 Å². The first kappa shape index (κ1) is 17.3. The summed E-state index contributed by atoms with van der Waals surface area (Å²) in [6.07, 6.45) is 5.61. The van der Waals surface area contributed by atoms with Crippen molar-refractivity contribution >= 4 is 5.91 Å². The van der Waals surface area contributed by atoms with Crippen LogP contribution in [-0.2, 0) is 5.41 Å². The van der Waals surface area contributed by atoms with E-state index in [2.05, 4.69) is 41.4 Å². The van der Waals surface area contributed by atoms with Crippen LogP contribution in [0.3, 0.4) is 0 Å². The number of rotatable bonds is 5. The summed E-state index contributed by atoms with van der Waals surface area (Å²) in [5.74, 6) is 0.428. The van der Waals surface area contributed by atoms with Gasteiger partial charge in [0, 0.05) is 23.4 Å². The van der Waals surface area contributed by atoms with Gasteiger partial charge in [0.05, 0.1) is 12.7 Å².